The van der Waals surface area contributed by atoms with Crippen LogP contribution >= 0.6 is 0 Å². The Labute approximate surface area is 153 Å². The first kappa shape index (κ1) is 19.8. The van der Waals surface area contributed by atoms with Gasteiger partial charge in [-0.15, -0.1) is 0 Å². The zero-order chi connectivity index (χ0) is 18.9. The number of benzene rings is 1. The van der Waals surface area contributed by atoms with Gasteiger partial charge in [-0.25, -0.2) is 0 Å². The van der Waals surface area contributed by atoms with Crippen LogP contribution in [0.3, 0.4) is 0 Å². The minimum atomic E-state index is -0.796. The van der Waals surface area contributed by atoms with Crippen molar-refractivity contribution in [3.05, 3.63) is 24.3 Å². The van der Waals surface area contributed by atoms with E-state index in [1.54, 1.807) is 4.90 Å². The summed E-state index contributed by atoms with van der Waals surface area (Å²) in [7, 11) is 0. The van der Waals surface area contributed by atoms with Crippen LogP contribution in [0, 0.1) is 0 Å². The van der Waals surface area contributed by atoms with Crippen LogP contribution in [0.5, 0.6) is 5.75 Å². The molecule has 2 rings (SSSR count). The summed E-state index contributed by atoms with van der Waals surface area (Å²) < 4.78 is 5.72. The van der Waals surface area contributed by atoms with E-state index in [0.29, 0.717) is 37.4 Å². The van der Waals surface area contributed by atoms with Gasteiger partial charge >= 0.3 is 5.97 Å². The Morgan fingerprint density at radius 1 is 1.19 bits per heavy atom. The van der Waals surface area contributed by atoms with Crippen LogP contribution in [0.2, 0.25) is 0 Å². The van der Waals surface area contributed by atoms with E-state index in [1.165, 1.54) is 0 Å². The number of anilines is 1. The number of hydrogen-bond acceptors (Lipinski definition) is 4. The van der Waals surface area contributed by atoms with E-state index in [0.717, 1.165) is 12.8 Å². The summed E-state index contributed by atoms with van der Waals surface area (Å²) >= 11 is 0. The maximum absolute atomic E-state index is 12.5. The molecule has 0 bridgehead atoms. The SMILES string of the molecule is CCC1Oc2ccccc2N(CCC(=O)NCCCCCC(=O)O)C1=O. The number of rotatable bonds is 10. The average Bonchev–Trinajstić information content (AvgIpc) is 2.63. The number of para-hydroxylation sites is 2. The molecule has 2 N–H and O–H groups in total. The number of aliphatic carboxylic acids is 1. The van der Waals surface area contributed by atoms with Crippen LogP contribution < -0.4 is 15.0 Å². The molecule has 1 aliphatic rings. The van der Waals surface area contributed by atoms with Gasteiger partial charge in [0.1, 0.15) is 5.75 Å². The van der Waals surface area contributed by atoms with Crippen molar-refractivity contribution in [3.63, 3.8) is 0 Å². The Morgan fingerprint density at radius 3 is 2.69 bits per heavy atom. The number of hydrogen-bond donors (Lipinski definition) is 2. The highest BCUT2D eigenvalue weighted by molar-refractivity contribution is 6.00. The third-order valence-electron chi connectivity index (χ3n) is 4.29. The van der Waals surface area contributed by atoms with Crippen molar-refractivity contribution >= 4 is 23.5 Å². The molecule has 1 heterocycles. The van der Waals surface area contributed by atoms with E-state index < -0.39 is 12.1 Å². The first-order valence-electron chi connectivity index (χ1n) is 9.08. The number of nitrogens with zero attached hydrogens (tertiary/aromatic N) is 1. The fourth-order valence-corrected chi connectivity index (χ4v) is 2.87. The van der Waals surface area contributed by atoms with E-state index in [9.17, 15) is 14.4 Å². The van der Waals surface area contributed by atoms with Crippen molar-refractivity contribution in [2.75, 3.05) is 18.0 Å². The fourth-order valence-electron chi connectivity index (χ4n) is 2.87. The van der Waals surface area contributed by atoms with Gasteiger partial charge in [0.15, 0.2) is 6.10 Å². The van der Waals surface area contributed by atoms with Crippen LogP contribution in [0.15, 0.2) is 24.3 Å². The number of fused-ring (bicyclic) bond motifs is 1. The fraction of sp³-hybridized carbons (Fsp3) is 0.526. The van der Waals surface area contributed by atoms with Crippen molar-refractivity contribution in [3.8, 4) is 5.75 Å². The number of carboxylic acids is 1. The number of unbranched alkanes of at least 4 members (excludes halogenated alkanes) is 2. The summed E-state index contributed by atoms with van der Waals surface area (Å²) in [6.07, 6.45) is 2.56. The van der Waals surface area contributed by atoms with E-state index in [2.05, 4.69) is 5.32 Å². The molecule has 0 aromatic heterocycles. The van der Waals surface area contributed by atoms with Gasteiger partial charge in [-0.1, -0.05) is 25.5 Å². The van der Waals surface area contributed by atoms with Gasteiger partial charge in [0.25, 0.3) is 5.91 Å². The van der Waals surface area contributed by atoms with Crippen LogP contribution in [0.1, 0.15) is 45.4 Å². The number of carboxylic acid groups (broad SMARTS) is 1. The molecule has 0 saturated carbocycles. The molecule has 26 heavy (non-hydrogen) atoms. The Bertz CT molecular complexity index is 647. The minimum absolute atomic E-state index is 0.118. The molecule has 142 valence electrons. The van der Waals surface area contributed by atoms with Gasteiger partial charge in [-0.05, 0) is 31.4 Å². The number of ether oxygens (including phenoxy) is 1. The highest BCUT2D eigenvalue weighted by Crippen LogP contribution is 2.34. The largest absolute Gasteiger partial charge is 0.481 e. The van der Waals surface area contributed by atoms with Crippen LogP contribution in [-0.2, 0) is 14.4 Å². The van der Waals surface area contributed by atoms with Crippen LogP contribution in [0.4, 0.5) is 5.69 Å². The summed E-state index contributed by atoms with van der Waals surface area (Å²) in [4.78, 5) is 36.6. The third-order valence-corrected chi connectivity index (χ3v) is 4.29. The Morgan fingerprint density at radius 2 is 1.96 bits per heavy atom. The van der Waals surface area contributed by atoms with Gasteiger partial charge in [0.2, 0.25) is 5.91 Å². The van der Waals surface area contributed by atoms with E-state index >= 15 is 0 Å². The van der Waals surface area contributed by atoms with Crippen molar-refractivity contribution in [1.82, 2.24) is 5.32 Å². The maximum Gasteiger partial charge on any atom is 0.303 e. The summed E-state index contributed by atoms with van der Waals surface area (Å²) in [6.45, 7) is 2.72. The van der Waals surface area contributed by atoms with Gasteiger partial charge in [-0.2, -0.15) is 0 Å². The molecule has 0 aliphatic carbocycles. The van der Waals surface area contributed by atoms with Gasteiger partial charge < -0.3 is 20.1 Å². The topological polar surface area (TPSA) is 95.9 Å². The number of amides is 2. The Balaban J connectivity index is 1.79. The smallest absolute Gasteiger partial charge is 0.303 e. The number of carbonyl (C=O) groups is 3. The molecule has 1 unspecified atom stereocenters. The van der Waals surface area contributed by atoms with Crippen LogP contribution in [-0.4, -0.2) is 42.1 Å². The molecule has 2 amide bonds. The standard InChI is InChI=1S/C19H26N2O5/c1-2-15-19(25)21(14-8-5-6-9-16(14)26-15)13-11-17(22)20-12-7-3-4-10-18(23)24/h5-6,8-9,15H,2-4,7,10-13H2,1H3,(H,20,22)(H,23,24). The Hall–Kier alpha value is -2.57. The molecule has 0 fully saturated rings. The van der Waals surface area contributed by atoms with E-state index in [4.69, 9.17) is 9.84 Å². The molecule has 0 spiro atoms. The van der Waals surface area contributed by atoms with Crippen molar-refractivity contribution in [2.45, 2.75) is 51.6 Å². The number of carbonyl (C=O) groups excluding carboxylic acids is 2. The second-order valence-electron chi connectivity index (χ2n) is 6.28. The lowest BCUT2D eigenvalue weighted by Crippen LogP contribution is -2.46. The first-order chi connectivity index (χ1) is 12.5. The minimum Gasteiger partial charge on any atom is -0.481 e. The summed E-state index contributed by atoms with van der Waals surface area (Å²) in [5, 5.41) is 11.4. The molecular formula is C19H26N2O5. The lowest BCUT2D eigenvalue weighted by molar-refractivity contribution is -0.137. The highest BCUT2D eigenvalue weighted by Gasteiger charge is 2.32. The molecule has 0 saturated heterocycles. The lowest BCUT2D eigenvalue weighted by atomic mass is 10.1. The summed E-state index contributed by atoms with van der Waals surface area (Å²) in [6, 6.07) is 7.34. The lowest BCUT2D eigenvalue weighted by Gasteiger charge is -2.33. The van der Waals surface area contributed by atoms with Crippen molar-refractivity contribution in [1.29, 1.82) is 0 Å². The normalized spacial score (nSPS) is 16.0. The zero-order valence-electron chi connectivity index (χ0n) is 15.1. The van der Waals surface area contributed by atoms with E-state index in [-0.39, 0.29) is 24.7 Å². The molecule has 7 heteroatoms. The average molecular weight is 362 g/mol. The van der Waals surface area contributed by atoms with E-state index in [1.807, 2.05) is 31.2 Å². The van der Waals surface area contributed by atoms with Crippen molar-refractivity contribution < 1.29 is 24.2 Å². The van der Waals surface area contributed by atoms with Gasteiger partial charge in [0, 0.05) is 25.9 Å². The predicted octanol–water partition coefficient (Wildman–Crippen LogP) is 2.34. The third kappa shape index (κ3) is 5.47. The summed E-state index contributed by atoms with van der Waals surface area (Å²) in [5.41, 5.74) is 0.698. The molecule has 1 aromatic rings. The molecule has 7 nitrogen and oxygen atoms in total. The first-order valence-corrected chi connectivity index (χ1v) is 9.08. The molecule has 0 radical (unpaired) electrons. The molecule has 1 aliphatic heterocycles. The molecular weight excluding hydrogens is 336 g/mol. The second kappa shape index (κ2) is 9.79. The predicted molar refractivity (Wildman–Crippen MR) is 97.2 cm³/mol. The molecule has 1 aromatic carbocycles. The quantitative estimate of drug-likeness (QED) is 0.623. The molecule has 1 atom stereocenters. The Kier molecular flexibility index (Phi) is 7.44. The summed E-state index contributed by atoms with van der Waals surface area (Å²) in [5.74, 6) is -0.367. The maximum atomic E-state index is 12.5. The van der Waals surface area contributed by atoms with Gasteiger partial charge in [0.05, 0.1) is 5.69 Å². The monoisotopic (exact) mass is 362 g/mol. The van der Waals surface area contributed by atoms with Crippen LogP contribution in [0.25, 0.3) is 0 Å². The van der Waals surface area contributed by atoms with Crippen molar-refractivity contribution in [2.24, 2.45) is 0 Å². The highest BCUT2D eigenvalue weighted by atomic mass is 16.5. The number of nitrogens with one attached hydrogen (secondary N) is 1. The zero-order valence-corrected chi connectivity index (χ0v) is 15.1. The van der Waals surface area contributed by atoms with Gasteiger partial charge in [-0.3, -0.25) is 14.4 Å². The second-order valence-corrected chi connectivity index (χ2v) is 6.28.